The number of rotatable bonds is 9. The summed E-state index contributed by atoms with van der Waals surface area (Å²) in [5, 5.41) is 18.3. The minimum Gasteiger partial charge on any atom is -0.374 e. The third kappa shape index (κ3) is 5.38. The van der Waals surface area contributed by atoms with Crippen LogP contribution >= 0.6 is 0 Å². The van der Waals surface area contributed by atoms with Gasteiger partial charge in [0.05, 0.1) is 5.54 Å². The van der Waals surface area contributed by atoms with Crippen LogP contribution in [0, 0.1) is 0 Å². The normalized spacial score (nSPS) is 19.6. The van der Waals surface area contributed by atoms with Crippen LogP contribution in [0.5, 0.6) is 0 Å². The topological polar surface area (TPSA) is 90.6 Å². The molecule has 2 unspecified atom stereocenters. The quantitative estimate of drug-likeness (QED) is 0.198. The van der Waals surface area contributed by atoms with E-state index in [0.717, 1.165) is 0 Å². The molecule has 0 aromatic heterocycles. The lowest BCUT2D eigenvalue weighted by atomic mass is 9.84. The van der Waals surface area contributed by atoms with E-state index in [1.165, 1.54) is 11.9 Å². The van der Waals surface area contributed by atoms with Crippen molar-refractivity contribution < 1.29 is 9.90 Å². The minimum absolute atomic E-state index is 0.00465. The molecule has 19 heavy (non-hydrogen) atoms. The molecule has 0 aliphatic carbocycles. The fourth-order valence-corrected chi connectivity index (χ4v) is 2.01. The van der Waals surface area contributed by atoms with E-state index in [4.69, 9.17) is 5.84 Å². The molecule has 0 bridgehead atoms. The van der Waals surface area contributed by atoms with Gasteiger partial charge in [0.15, 0.2) is 0 Å². The molecular formula is C13H28N4O2. The first-order valence-corrected chi connectivity index (χ1v) is 6.34. The maximum absolute atomic E-state index is 11.4. The molecule has 0 aliphatic heterocycles. The molecule has 112 valence electrons. The summed E-state index contributed by atoms with van der Waals surface area (Å²) >= 11 is 0. The first-order chi connectivity index (χ1) is 8.58. The summed E-state index contributed by atoms with van der Waals surface area (Å²) in [6.07, 6.45) is 1.90. The SMILES string of the molecule is C=C[C@@H](CN(C)N)NC(C)(O)C(C)(CC(C)=O)NC. The summed E-state index contributed by atoms with van der Waals surface area (Å²) < 4.78 is 0. The zero-order chi connectivity index (χ0) is 15.3. The van der Waals surface area contributed by atoms with Crippen LogP contribution in [-0.4, -0.2) is 53.8 Å². The largest absolute Gasteiger partial charge is 0.374 e. The van der Waals surface area contributed by atoms with E-state index < -0.39 is 11.3 Å². The van der Waals surface area contributed by atoms with Gasteiger partial charge in [-0.05, 0) is 27.8 Å². The molecule has 0 fully saturated rings. The minimum atomic E-state index is -1.29. The number of nitrogens with zero attached hydrogens (tertiary/aromatic N) is 1. The number of nitrogens with one attached hydrogen (secondary N) is 2. The molecule has 6 nitrogen and oxygen atoms in total. The van der Waals surface area contributed by atoms with E-state index in [2.05, 4.69) is 17.2 Å². The predicted molar refractivity (Wildman–Crippen MR) is 77.3 cm³/mol. The Bertz CT molecular complexity index is 318. The molecule has 0 saturated carbocycles. The Morgan fingerprint density at radius 1 is 1.58 bits per heavy atom. The summed E-state index contributed by atoms with van der Waals surface area (Å²) in [4.78, 5) is 11.4. The molecule has 0 aliphatic rings. The third-order valence-electron chi connectivity index (χ3n) is 3.46. The highest BCUT2D eigenvalue weighted by molar-refractivity contribution is 5.77. The Kier molecular flexibility index (Phi) is 6.82. The van der Waals surface area contributed by atoms with Crippen molar-refractivity contribution in [2.24, 2.45) is 5.84 Å². The number of ketones is 1. The number of carbonyl (C=O) groups is 1. The Labute approximate surface area is 116 Å². The molecule has 3 atom stereocenters. The Morgan fingerprint density at radius 3 is 2.42 bits per heavy atom. The number of hydrazine groups is 1. The lowest BCUT2D eigenvalue weighted by molar-refractivity contribution is -0.124. The number of Topliss-reactive ketones (excluding diaryl/α,β-unsaturated/α-hetero) is 1. The number of likely N-dealkylation sites (N-methyl/N-ethyl adjacent to an activating group) is 2. The Balaban J connectivity index is 4.99. The zero-order valence-corrected chi connectivity index (χ0v) is 12.7. The average Bonchev–Trinajstić information content (AvgIpc) is 2.25. The highest BCUT2D eigenvalue weighted by Crippen LogP contribution is 2.24. The highest BCUT2D eigenvalue weighted by atomic mass is 16.3. The van der Waals surface area contributed by atoms with Crippen molar-refractivity contribution in [1.29, 1.82) is 0 Å². The number of hydrogen-bond acceptors (Lipinski definition) is 6. The molecule has 0 radical (unpaired) electrons. The number of nitrogens with two attached hydrogens (primary N) is 1. The van der Waals surface area contributed by atoms with Crippen molar-refractivity contribution in [3.05, 3.63) is 12.7 Å². The lowest BCUT2D eigenvalue weighted by Crippen LogP contribution is -2.68. The second kappa shape index (κ2) is 7.12. The molecule has 0 rings (SSSR count). The first kappa shape index (κ1) is 18.2. The van der Waals surface area contributed by atoms with E-state index in [1.54, 1.807) is 34.0 Å². The highest BCUT2D eigenvalue weighted by Gasteiger charge is 2.43. The average molecular weight is 272 g/mol. The molecule has 5 N–H and O–H groups in total. The van der Waals surface area contributed by atoms with Gasteiger partial charge in [-0.2, -0.15) is 0 Å². The van der Waals surface area contributed by atoms with E-state index in [9.17, 15) is 9.90 Å². The monoisotopic (exact) mass is 272 g/mol. The van der Waals surface area contributed by atoms with Crippen LogP contribution in [0.2, 0.25) is 0 Å². The molecule has 0 amide bonds. The van der Waals surface area contributed by atoms with Gasteiger partial charge in [0.2, 0.25) is 0 Å². The van der Waals surface area contributed by atoms with Crippen LogP contribution in [0.3, 0.4) is 0 Å². The van der Waals surface area contributed by atoms with E-state index in [0.29, 0.717) is 6.54 Å². The standard InChI is InChI=1S/C13H28N4O2/c1-7-11(9-17(6)14)16-13(4,19)12(3,15-5)8-10(2)18/h7,11,15-16,19H,1,8-9,14H2,2-6H3/t11-,12?,13?/m0/s1. The van der Waals surface area contributed by atoms with Gasteiger partial charge >= 0.3 is 0 Å². The van der Waals surface area contributed by atoms with Gasteiger partial charge < -0.3 is 10.4 Å². The van der Waals surface area contributed by atoms with Gasteiger partial charge in [-0.1, -0.05) is 6.08 Å². The molecule has 0 heterocycles. The maximum Gasteiger partial charge on any atom is 0.132 e. The zero-order valence-electron chi connectivity index (χ0n) is 12.7. The van der Waals surface area contributed by atoms with Gasteiger partial charge in [0.25, 0.3) is 0 Å². The van der Waals surface area contributed by atoms with Gasteiger partial charge in [0, 0.05) is 26.1 Å². The summed E-state index contributed by atoms with van der Waals surface area (Å²) in [7, 11) is 3.46. The van der Waals surface area contributed by atoms with E-state index in [1.807, 2.05) is 0 Å². The summed E-state index contributed by atoms with van der Waals surface area (Å²) in [5.74, 6) is 5.61. The Morgan fingerprint density at radius 2 is 2.11 bits per heavy atom. The molecule has 0 aromatic rings. The van der Waals surface area contributed by atoms with Crippen LogP contribution in [0.4, 0.5) is 0 Å². The fraction of sp³-hybridized carbons (Fsp3) is 0.769. The van der Waals surface area contributed by atoms with Crippen molar-refractivity contribution >= 4 is 5.78 Å². The van der Waals surface area contributed by atoms with Crippen molar-refractivity contribution in [2.75, 3.05) is 20.6 Å². The molecular weight excluding hydrogens is 244 g/mol. The predicted octanol–water partition coefficient (Wildman–Crippen LogP) is -0.398. The van der Waals surface area contributed by atoms with Gasteiger partial charge in [-0.25, -0.2) is 5.01 Å². The van der Waals surface area contributed by atoms with E-state index >= 15 is 0 Å². The lowest BCUT2D eigenvalue weighted by Gasteiger charge is -2.44. The summed E-state index contributed by atoms with van der Waals surface area (Å²) in [6.45, 7) is 9.17. The van der Waals surface area contributed by atoms with Crippen molar-refractivity contribution in [3.8, 4) is 0 Å². The van der Waals surface area contributed by atoms with Crippen LogP contribution in [0.1, 0.15) is 27.2 Å². The second-order valence-electron chi connectivity index (χ2n) is 5.46. The molecule has 6 heteroatoms. The summed E-state index contributed by atoms with van der Waals surface area (Å²) in [5.41, 5.74) is -2.07. The Hall–Kier alpha value is -0.790. The molecule has 0 aromatic carbocycles. The van der Waals surface area contributed by atoms with Gasteiger partial charge in [-0.15, -0.1) is 6.58 Å². The van der Waals surface area contributed by atoms with Crippen LogP contribution in [0.15, 0.2) is 12.7 Å². The van der Waals surface area contributed by atoms with Crippen molar-refractivity contribution in [1.82, 2.24) is 15.6 Å². The van der Waals surface area contributed by atoms with E-state index in [-0.39, 0.29) is 18.2 Å². The van der Waals surface area contributed by atoms with Crippen molar-refractivity contribution in [3.63, 3.8) is 0 Å². The first-order valence-electron chi connectivity index (χ1n) is 6.34. The smallest absolute Gasteiger partial charge is 0.132 e. The van der Waals surface area contributed by atoms with Crippen molar-refractivity contribution in [2.45, 2.75) is 44.5 Å². The van der Waals surface area contributed by atoms with Crippen LogP contribution in [0.25, 0.3) is 0 Å². The maximum atomic E-state index is 11.4. The van der Waals surface area contributed by atoms with Gasteiger partial charge in [0.1, 0.15) is 11.5 Å². The number of hydrogen-bond donors (Lipinski definition) is 4. The van der Waals surface area contributed by atoms with Gasteiger partial charge in [-0.3, -0.25) is 16.0 Å². The fourth-order valence-electron chi connectivity index (χ4n) is 2.01. The third-order valence-corrected chi connectivity index (χ3v) is 3.46. The number of carbonyl (C=O) groups excluding carboxylic acids is 1. The number of aliphatic hydroxyl groups is 1. The molecule has 0 saturated heterocycles. The second-order valence-corrected chi connectivity index (χ2v) is 5.46. The summed E-state index contributed by atoms with van der Waals surface area (Å²) in [6, 6.07) is -0.190. The molecule has 0 spiro atoms. The van der Waals surface area contributed by atoms with Crippen LogP contribution < -0.4 is 16.5 Å². The van der Waals surface area contributed by atoms with Crippen LogP contribution in [-0.2, 0) is 4.79 Å².